The van der Waals surface area contributed by atoms with E-state index in [9.17, 15) is 0 Å². The second kappa shape index (κ2) is 5.99. The molecule has 0 saturated heterocycles. The number of fused-ring (bicyclic) bond motifs is 1. The van der Waals surface area contributed by atoms with Crippen molar-refractivity contribution in [2.45, 2.75) is 19.5 Å². The van der Waals surface area contributed by atoms with Gasteiger partial charge < -0.3 is 5.32 Å². The summed E-state index contributed by atoms with van der Waals surface area (Å²) in [5.74, 6) is 0. The molecule has 0 unspecified atom stereocenters. The first-order chi connectivity index (χ1) is 9.43. The van der Waals surface area contributed by atoms with E-state index >= 15 is 0 Å². The molecule has 1 N–H and O–H groups in total. The molecule has 0 spiro atoms. The lowest BCUT2D eigenvalue weighted by Gasteiger charge is -2.04. The van der Waals surface area contributed by atoms with Crippen LogP contribution in [-0.4, -0.2) is 16.3 Å². The van der Waals surface area contributed by atoms with Crippen LogP contribution in [0.4, 0.5) is 0 Å². The fraction of sp³-hybridized carbons (Fsp3) is 0.267. The Morgan fingerprint density at radius 3 is 3.05 bits per heavy atom. The lowest BCUT2D eigenvalue weighted by Crippen LogP contribution is -2.16. The van der Waals surface area contributed by atoms with Gasteiger partial charge in [0, 0.05) is 30.2 Å². The Bertz CT molecular complexity index is 628. The lowest BCUT2D eigenvalue weighted by molar-refractivity contribution is 0.544. The van der Waals surface area contributed by atoms with Crippen LogP contribution in [0, 0.1) is 0 Å². The third kappa shape index (κ3) is 3.03. The number of nitrogens with one attached hydrogen (secondary N) is 1. The molecule has 2 aromatic heterocycles. The number of hydrogen-bond acceptors (Lipinski definition) is 3. The van der Waals surface area contributed by atoms with Crippen LogP contribution in [0.5, 0.6) is 0 Å². The molecule has 98 valence electrons. The Hall–Kier alpha value is -1.65. The van der Waals surface area contributed by atoms with Crippen LogP contribution in [-0.2, 0) is 13.1 Å². The van der Waals surface area contributed by atoms with Crippen molar-refractivity contribution in [3.8, 4) is 0 Å². The van der Waals surface area contributed by atoms with E-state index in [2.05, 4.69) is 40.1 Å². The van der Waals surface area contributed by atoms with E-state index in [4.69, 9.17) is 0 Å². The smallest absolute Gasteiger partial charge is 0.0489 e. The summed E-state index contributed by atoms with van der Waals surface area (Å²) in [6.45, 7) is 2.94. The molecule has 0 amide bonds. The van der Waals surface area contributed by atoms with E-state index in [-0.39, 0.29) is 0 Å². The van der Waals surface area contributed by atoms with Crippen LogP contribution in [0.1, 0.15) is 12.0 Å². The maximum Gasteiger partial charge on any atom is 0.0489 e. The summed E-state index contributed by atoms with van der Waals surface area (Å²) in [6.07, 6.45) is 4.93. The standard InChI is InChI=1S/C15H17N3S/c1-2-6-15-14(5-1)13(12-19-15)11-16-7-3-9-18-10-4-8-17-18/h1-2,4-6,8,10,12,16H,3,7,9,11H2. The van der Waals surface area contributed by atoms with E-state index < -0.39 is 0 Å². The van der Waals surface area contributed by atoms with E-state index in [0.29, 0.717) is 0 Å². The van der Waals surface area contributed by atoms with Gasteiger partial charge in [-0.1, -0.05) is 18.2 Å². The van der Waals surface area contributed by atoms with Crippen molar-refractivity contribution in [2.75, 3.05) is 6.54 Å². The Labute approximate surface area is 116 Å². The lowest BCUT2D eigenvalue weighted by atomic mass is 10.2. The molecule has 0 aliphatic heterocycles. The Balaban J connectivity index is 1.47. The van der Waals surface area contributed by atoms with Crippen LogP contribution < -0.4 is 5.32 Å². The summed E-state index contributed by atoms with van der Waals surface area (Å²) in [5, 5.41) is 11.3. The molecular weight excluding hydrogens is 254 g/mol. The Kier molecular flexibility index (Phi) is 3.91. The van der Waals surface area contributed by atoms with Gasteiger partial charge in [-0.05, 0) is 41.4 Å². The molecule has 0 bridgehead atoms. The Morgan fingerprint density at radius 1 is 1.21 bits per heavy atom. The highest BCUT2D eigenvalue weighted by atomic mass is 32.1. The minimum Gasteiger partial charge on any atom is -0.313 e. The summed E-state index contributed by atoms with van der Waals surface area (Å²) in [7, 11) is 0. The molecule has 0 atom stereocenters. The van der Waals surface area contributed by atoms with Crippen molar-refractivity contribution >= 4 is 21.4 Å². The van der Waals surface area contributed by atoms with Gasteiger partial charge in [0.25, 0.3) is 0 Å². The zero-order valence-corrected chi connectivity index (χ0v) is 11.6. The minimum atomic E-state index is 0.948. The summed E-state index contributed by atoms with van der Waals surface area (Å²) >= 11 is 1.82. The average Bonchev–Trinajstić information content (AvgIpc) is 3.08. The minimum absolute atomic E-state index is 0.948. The van der Waals surface area contributed by atoms with Gasteiger partial charge in [-0.2, -0.15) is 5.10 Å². The number of rotatable bonds is 6. The molecule has 19 heavy (non-hydrogen) atoms. The normalized spacial score (nSPS) is 11.2. The highest BCUT2D eigenvalue weighted by molar-refractivity contribution is 7.17. The quantitative estimate of drug-likeness (QED) is 0.697. The number of benzene rings is 1. The molecule has 0 radical (unpaired) electrons. The molecule has 3 aromatic rings. The van der Waals surface area contributed by atoms with Gasteiger partial charge in [0.1, 0.15) is 0 Å². The van der Waals surface area contributed by atoms with Crippen molar-refractivity contribution in [2.24, 2.45) is 0 Å². The summed E-state index contributed by atoms with van der Waals surface area (Å²) < 4.78 is 3.35. The Morgan fingerprint density at radius 2 is 2.16 bits per heavy atom. The second-order valence-corrected chi connectivity index (χ2v) is 5.47. The maximum atomic E-state index is 4.20. The predicted octanol–water partition coefficient (Wildman–Crippen LogP) is 3.28. The van der Waals surface area contributed by atoms with Gasteiger partial charge >= 0.3 is 0 Å². The fourth-order valence-electron chi connectivity index (χ4n) is 2.19. The number of nitrogens with zero attached hydrogens (tertiary/aromatic N) is 2. The van der Waals surface area contributed by atoms with Crippen molar-refractivity contribution in [3.05, 3.63) is 53.7 Å². The maximum absolute atomic E-state index is 4.20. The van der Waals surface area contributed by atoms with Gasteiger partial charge in [-0.25, -0.2) is 0 Å². The number of aromatic nitrogens is 2. The van der Waals surface area contributed by atoms with Gasteiger partial charge in [-0.3, -0.25) is 4.68 Å². The highest BCUT2D eigenvalue weighted by Crippen LogP contribution is 2.25. The number of thiophene rings is 1. The van der Waals surface area contributed by atoms with Crippen LogP contribution in [0.25, 0.3) is 10.1 Å². The van der Waals surface area contributed by atoms with Crippen LogP contribution in [0.2, 0.25) is 0 Å². The van der Waals surface area contributed by atoms with E-state index in [0.717, 1.165) is 26.1 Å². The first kappa shape index (κ1) is 12.4. The van der Waals surface area contributed by atoms with Crippen molar-refractivity contribution in [1.82, 2.24) is 15.1 Å². The molecule has 2 heterocycles. The molecule has 1 aromatic carbocycles. The summed E-state index contributed by atoms with van der Waals surface area (Å²) in [5.41, 5.74) is 1.40. The molecule has 0 fully saturated rings. The monoisotopic (exact) mass is 271 g/mol. The molecule has 4 heteroatoms. The first-order valence-electron chi connectivity index (χ1n) is 6.57. The van der Waals surface area contributed by atoms with E-state index in [1.165, 1.54) is 15.6 Å². The van der Waals surface area contributed by atoms with Gasteiger partial charge in [0.15, 0.2) is 0 Å². The van der Waals surface area contributed by atoms with Gasteiger partial charge in [0.05, 0.1) is 0 Å². The molecule has 0 saturated carbocycles. The second-order valence-electron chi connectivity index (χ2n) is 4.56. The molecule has 3 rings (SSSR count). The third-order valence-electron chi connectivity index (χ3n) is 3.18. The van der Waals surface area contributed by atoms with Crippen molar-refractivity contribution in [1.29, 1.82) is 0 Å². The fourth-order valence-corrected chi connectivity index (χ4v) is 3.15. The molecule has 0 aliphatic carbocycles. The highest BCUT2D eigenvalue weighted by Gasteiger charge is 2.02. The average molecular weight is 271 g/mol. The van der Waals surface area contributed by atoms with Crippen LogP contribution in [0.15, 0.2) is 48.1 Å². The zero-order chi connectivity index (χ0) is 12.9. The molecule has 0 aliphatic rings. The third-order valence-corrected chi connectivity index (χ3v) is 4.19. The van der Waals surface area contributed by atoms with Crippen molar-refractivity contribution < 1.29 is 0 Å². The predicted molar refractivity (Wildman–Crippen MR) is 80.4 cm³/mol. The van der Waals surface area contributed by atoms with Crippen LogP contribution >= 0.6 is 11.3 Å². The molecular formula is C15H17N3S. The molecule has 3 nitrogen and oxygen atoms in total. The zero-order valence-electron chi connectivity index (χ0n) is 10.7. The van der Waals surface area contributed by atoms with Crippen molar-refractivity contribution in [3.63, 3.8) is 0 Å². The van der Waals surface area contributed by atoms with Gasteiger partial charge in [0.2, 0.25) is 0 Å². The largest absolute Gasteiger partial charge is 0.313 e. The summed E-state index contributed by atoms with van der Waals surface area (Å²) in [6, 6.07) is 10.6. The number of aryl methyl sites for hydroxylation is 1. The van der Waals surface area contributed by atoms with E-state index in [1.807, 2.05) is 34.5 Å². The van der Waals surface area contributed by atoms with Crippen LogP contribution in [0.3, 0.4) is 0 Å². The van der Waals surface area contributed by atoms with Gasteiger partial charge in [-0.15, -0.1) is 11.3 Å². The van der Waals surface area contributed by atoms with E-state index in [1.54, 1.807) is 0 Å². The first-order valence-corrected chi connectivity index (χ1v) is 7.45. The topological polar surface area (TPSA) is 29.9 Å². The number of hydrogen-bond donors (Lipinski definition) is 1. The SMILES string of the molecule is c1ccc2c(CNCCCn3cccn3)csc2c1. The summed E-state index contributed by atoms with van der Waals surface area (Å²) in [4.78, 5) is 0.